The molecular weight excluding hydrogens is 328 g/mol. The number of rotatable bonds is 2. The lowest BCUT2D eigenvalue weighted by Gasteiger charge is -2.22. The van der Waals surface area contributed by atoms with Crippen LogP contribution in [0.4, 0.5) is 0 Å². The molecule has 2 saturated carbocycles. The van der Waals surface area contributed by atoms with E-state index >= 15 is 0 Å². The van der Waals surface area contributed by atoms with Gasteiger partial charge in [0, 0.05) is 18.7 Å². The third kappa shape index (κ3) is 2.45. The Morgan fingerprint density at radius 2 is 1.88 bits per heavy atom. The molecule has 25 heavy (non-hydrogen) atoms. The first kappa shape index (κ1) is 15.6. The van der Waals surface area contributed by atoms with Crippen LogP contribution in [0.2, 0.25) is 0 Å². The van der Waals surface area contributed by atoms with Crippen molar-refractivity contribution in [2.45, 2.75) is 33.1 Å². The van der Waals surface area contributed by atoms with Gasteiger partial charge in [-0.2, -0.15) is 0 Å². The van der Waals surface area contributed by atoms with Crippen LogP contribution < -0.4 is 0 Å². The van der Waals surface area contributed by atoms with Crippen molar-refractivity contribution in [3.8, 4) is 10.4 Å². The van der Waals surface area contributed by atoms with E-state index in [9.17, 15) is 4.79 Å². The Bertz CT molecular complexity index is 824. The van der Waals surface area contributed by atoms with Gasteiger partial charge in [-0.3, -0.25) is 4.79 Å². The van der Waals surface area contributed by atoms with E-state index in [4.69, 9.17) is 0 Å². The number of aromatic nitrogens is 1. The largest absolute Gasteiger partial charge is 0.338 e. The molecule has 1 amide bonds. The van der Waals surface area contributed by atoms with Gasteiger partial charge in [0.1, 0.15) is 0 Å². The second-order valence-electron chi connectivity index (χ2n) is 8.10. The Balaban J connectivity index is 1.40. The number of fused-ring (bicyclic) bond motifs is 5. The fourth-order valence-corrected chi connectivity index (χ4v) is 6.54. The SMILES string of the molecule is Cc1nc(C)c(-c2cccc(C(=O)N3CC4C5CCC(C5)C4C3)c2)s1. The minimum absolute atomic E-state index is 0.217. The van der Waals surface area contributed by atoms with Crippen LogP contribution in [0, 0.1) is 37.5 Å². The van der Waals surface area contributed by atoms with E-state index in [2.05, 4.69) is 22.0 Å². The Morgan fingerprint density at radius 3 is 2.52 bits per heavy atom. The summed E-state index contributed by atoms with van der Waals surface area (Å²) in [5.41, 5.74) is 3.00. The Hall–Kier alpha value is -1.68. The van der Waals surface area contributed by atoms with Gasteiger partial charge < -0.3 is 4.90 Å². The van der Waals surface area contributed by atoms with E-state index in [0.717, 1.165) is 58.6 Å². The molecule has 1 saturated heterocycles. The molecule has 3 aliphatic rings. The van der Waals surface area contributed by atoms with E-state index in [1.165, 1.54) is 24.1 Å². The lowest BCUT2D eigenvalue weighted by molar-refractivity contribution is 0.0776. The number of hydrogen-bond donors (Lipinski definition) is 0. The molecule has 4 atom stereocenters. The highest BCUT2D eigenvalue weighted by molar-refractivity contribution is 7.15. The predicted octanol–water partition coefficient (Wildman–Crippen LogP) is 4.55. The molecule has 0 spiro atoms. The van der Waals surface area contributed by atoms with Gasteiger partial charge in [0.15, 0.2) is 0 Å². The summed E-state index contributed by atoms with van der Waals surface area (Å²) < 4.78 is 0. The van der Waals surface area contributed by atoms with E-state index in [0.29, 0.717) is 0 Å². The molecule has 1 aromatic heterocycles. The van der Waals surface area contributed by atoms with Crippen molar-refractivity contribution in [1.82, 2.24) is 9.88 Å². The Labute approximate surface area is 153 Å². The highest BCUT2D eigenvalue weighted by Crippen LogP contribution is 2.55. The molecular formula is C21H24N2OS. The molecule has 3 fully saturated rings. The van der Waals surface area contributed by atoms with Gasteiger partial charge in [-0.1, -0.05) is 12.1 Å². The number of thiazole rings is 1. The number of aryl methyl sites for hydroxylation is 2. The summed E-state index contributed by atoms with van der Waals surface area (Å²) in [6, 6.07) is 8.14. The highest BCUT2D eigenvalue weighted by atomic mass is 32.1. The highest BCUT2D eigenvalue weighted by Gasteiger charge is 2.52. The topological polar surface area (TPSA) is 33.2 Å². The zero-order valence-electron chi connectivity index (χ0n) is 14.9. The molecule has 2 aromatic rings. The maximum atomic E-state index is 13.1. The van der Waals surface area contributed by atoms with Crippen LogP contribution in [-0.4, -0.2) is 28.9 Å². The molecule has 2 bridgehead atoms. The van der Waals surface area contributed by atoms with E-state index in [1.807, 2.05) is 26.0 Å². The fraction of sp³-hybridized carbons (Fsp3) is 0.524. The van der Waals surface area contributed by atoms with Gasteiger partial charge in [0.25, 0.3) is 5.91 Å². The molecule has 0 radical (unpaired) electrons. The minimum atomic E-state index is 0.217. The van der Waals surface area contributed by atoms with Gasteiger partial charge in [-0.25, -0.2) is 4.98 Å². The number of likely N-dealkylation sites (tertiary alicyclic amines) is 1. The smallest absolute Gasteiger partial charge is 0.253 e. The molecule has 1 aliphatic heterocycles. The zero-order valence-corrected chi connectivity index (χ0v) is 15.7. The van der Waals surface area contributed by atoms with Gasteiger partial charge in [0.05, 0.1) is 15.6 Å². The van der Waals surface area contributed by atoms with Crippen LogP contribution in [0.3, 0.4) is 0 Å². The second-order valence-corrected chi connectivity index (χ2v) is 9.30. The molecule has 4 unspecified atom stereocenters. The summed E-state index contributed by atoms with van der Waals surface area (Å²) in [6.07, 6.45) is 4.22. The number of amides is 1. The van der Waals surface area contributed by atoms with E-state index < -0.39 is 0 Å². The van der Waals surface area contributed by atoms with Gasteiger partial charge in [-0.05, 0) is 74.5 Å². The number of hydrogen-bond acceptors (Lipinski definition) is 3. The minimum Gasteiger partial charge on any atom is -0.338 e. The third-order valence-electron chi connectivity index (χ3n) is 6.70. The number of carbonyl (C=O) groups excluding carboxylic acids is 1. The third-order valence-corrected chi connectivity index (χ3v) is 7.82. The second kappa shape index (κ2) is 5.66. The maximum absolute atomic E-state index is 13.1. The molecule has 2 heterocycles. The molecule has 0 N–H and O–H groups in total. The van der Waals surface area contributed by atoms with Crippen LogP contribution >= 0.6 is 11.3 Å². The van der Waals surface area contributed by atoms with Gasteiger partial charge in [0.2, 0.25) is 0 Å². The normalized spacial score (nSPS) is 30.1. The first-order valence-corrected chi connectivity index (χ1v) is 10.3. The van der Waals surface area contributed by atoms with E-state index in [1.54, 1.807) is 11.3 Å². The summed E-state index contributed by atoms with van der Waals surface area (Å²) in [6.45, 7) is 6.04. The summed E-state index contributed by atoms with van der Waals surface area (Å²) in [5.74, 6) is 3.55. The Kier molecular flexibility index (Phi) is 3.53. The molecule has 5 rings (SSSR count). The van der Waals surface area contributed by atoms with Crippen LogP contribution in [0.25, 0.3) is 10.4 Å². The summed E-state index contributed by atoms with van der Waals surface area (Å²) in [5, 5.41) is 1.08. The maximum Gasteiger partial charge on any atom is 0.253 e. The molecule has 2 aliphatic carbocycles. The first-order chi connectivity index (χ1) is 12.1. The monoisotopic (exact) mass is 352 g/mol. The van der Waals surface area contributed by atoms with Crippen molar-refractivity contribution in [2.75, 3.05) is 13.1 Å². The van der Waals surface area contributed by atoms with Gasteiger partial charge in [-0.15, -0.1) is 11.3 Å². The fourth-order valence-electron chi connectivity index (χ4n) is 5.62. The quantitative estimate of drug-likeness (QED) is 0.795. The lowest BCUT2D eigenvalue weighted by Crippen LogP contribution is -2.30. The van der Waals surface area contributed by atoms with Crippen molar-refractivity contribution < 1.29 is 4.79 Å². The average molecular weight is 353 g/mol. The van der Waals surface area contributed by atoms with E-state index in [-0.39, 0.29) is 5.91 Å². The van der Waals surface area contributed by atoms with Crippen LogP contribution in [0.5, 0.6) is 0 Å². The number of carbonyl (C=O) groups is 1. The van der Waals surface area contributed by atoms with Crippen molar-refractivity contribution in [2.24, 2.45) is 23.7 Å². The lowest BCUT2D eigenvalue weighted by atomic mass is 9.82. The molecule has 3 nitrogen and oxygen atoms in total. The summed E-state index contributed by atoms with van der Waals surface area (Å²) in [4.78, 5) is 20.9. The molecule has 1 aromatic carbocycles. The van der Waals surface area contributed by atoms with Crippen molar-refractivity contribution in [3.05, 3.63) is 40.5 Å². The van der Waals surface area contributed by atoms with Crippen LogP contribution in [0.15, 0.2) is 24.3 Å². The van der Waals surface area contributed by atoms with Crippen LogP contribution in [-0.2, 0) is 0 Å². The zero-order chi connectivity index (χ0) is 17.1. The summed E-state index contributed by atoms with van der Waals surface area (Å²) in [7, 11) is 0. The number of benzene rings is 1. The Morgan fingerprint density at radius 1 is 1.16 bits per heavy atom. The van der Waals surface area contributed by atoms with Crippen LogP contribution in [0.1, 0.15) is 40.3 Å². The molecule has 4 heteroatoms. The van der Waals surface area contributed by atoms with Crippen molar-refractivity contribution >= 4 is 17.2 Å². The van der Waals surface area contributed by atoms with Crippen molar-refractivity contribution in [3.63, 3.8) is 0 Å². The standard InChI is InChI=1S/C21H24N2OS/c1-12-20(25-13(2)22-12)16-4-3-5-17(9-16)21(24)23-10-18-14-6-7-15(8-14)19(18)11-23/h3-5,9,14-15,18-19H,6-8,10-11H2,1-2H3. The van der Waals surface area contributed by atoms with Crippen molar-refractivity contribution in [1.29, 1.82) is 0 Å². The first-order valence-electron chi connectivity index (χ1n) is 9.44. The number of nitrogens with zero attached hydrogens (tertiary/aromatic N) is 2. The molecule has 130 valence electrons. The predicted molar refractivity (Wildman–Crippen MR) is 101 cm³/mol. The summed E-state index contributed by atoms with van der Waals surface area (Å²) >= 11 is 1.71. The van der Waals surface area contributed by atoms with Gasteiger partial charge >= 0.3 is 0 Å². The average Bonchev–Trinajstić information content (AvgIpc) is 3.35.